The highest BCUT2D eigenvalue weighted by molar-refractivity contribution is 5.80. The molecule has 0 unspecified atom stereocenters. The molecule has 1 N–H and O–H groups in total. The number of halogens is 4. The molecule has 4 aromatic rings. The van der Waals surface area contributed by atoms with Crippen molar-refractivity contribution in [3.8, 4) is 22.6 Å². The fourth-order valence-electron chi connectivity index (χ4n) is 3.45. The van der Waals surface area contributed by atoms with E-state index in [1.54, 1.807) is 35.5 Å². The summed E-state index contributed by atoms with van der Waals surface area (Å²) in [4.78, 5) is 7.52. The van der Waals surface area contributed by atoms with Gasteiger partial charge in [0.25, 0.3) is 0 Å². The van der Waals surface area contributed by atoms with Gasteiger partial charge in [0.15, 0.2) is 5.76 Å². The standard InChI is InChI=1S/C22H15F4N5O/c23-17-7-2-1-6-16(17)21-28-19-10-27-31(12-20(19)29-21)11-15-9-18(30-32-15)13-4-3-5-14(8-13)22(24,25)26/h1-10H,11-12H2,(H,28,29). The number of hydrogen-bond acceptors (Lipinski definition) is 5. The van der Waals surface area contributed by atoms with E-state index in [2.05, 4.69) is 20.2 Å². The number of benzene rings is 2. The van der Waals surface area contributed by atoms with Crippen molar-refractivity contribution in [2.75, 3.05) is 0 Å². The molecule has 5 rings (SSSR count). The quantitative estimate of drug-likeness (QED) is 0.440. The minimum atomic E-state index is -4.44. The lowest BCUT2D eigenvalue weighted by Crippen LogP contribution is -2.21. The van der Waals surface area contributed by atoms with Gasteiger partial charge in [-0.05, 0) is 24.3 Å². The Bertz CT molecular complexity index is 1310. The van der Waals surface area contributed by atoms with E-state index in [9.17, 15) is 17.6 Å². The predicted octanol–water partition coefficient (Wildman–Crippen LogP) is 5.24. The molecule has 0 radical (unpaired) electrons. The number of nitrogens with one attached hydrogen (secondary N) is 1. The lowest BCUT2D eigenvalue weighted by Gasteiger charge is -2.19. The molecule has 0 fully saturated rings. The number of aromatic nitrogens is 3. The summed E-state index contributed by atoms with van der Waals surface area (Å²) < 4.78 is 58.2. The van der Waals surface area contributed by atoms with Gasteiger partial charge >= 0.3 is 6.18 Å². The van der Waals surface area contributed by atoms with E-state index in [-0.39, 0.29) is 12.4 Å². The number of alkyl halides is 3. The Morgan fingerprint density at radius 2 is 1.91 bits per heavy atom. The fraction of sp³-hybridized carbons (Fsp3) is 0.136. The minimum Gasteiger partial charge on any atom is -0.359 e. The van der Waals surface area contributed by atoms with Crippen LogP contribution in [-0.4, -0.2) is 26.3 Å². The molecule has 10 heteroatoms. The zero-order valence-electron chi connectivity index (χ0n) is 16.4. The van der Waals surface area contributed by atoms with Crippen LogP contribution in [0.5, 0.6) is 0 Å². The number of hydrazone groups is 1. The Labute approximate surface area is 179 Å². The Morgan fingerprint density at radius 1 is 1.06 bits per heavy atom. The topological polar surface area (TPSA) is 70.3 Å². The fourth-order valence-corrected chi connectivity index (χ4v) is 3.45. The molecular weight excluding hydrogens is 426 g/mol. The van der Waals surface area contributed by atoms with Crippen LogP contribution in [0.3, 0.4) is 0 Å². The summed E-state index contributed by atoms with van der Waals surface area (Å²) in [6, 6.07) is 12.8. The van der Waals surface area contributed by atoms with Gasteiger partial charge in [0.05, 0.1) is 36.1 Å². The Kier molecular flexibility index (Phi) is 4.76. The van der Waals surface area contributed by atoms with Gasteiger partial charge in [-0.15, -0.1) is 0 Å². The lowest BCUT2D eigenvalue weighted by atomic mass is 10.1. The van der Waals surface area contributed by atoms with E-state index in [0.717, 1.165) is 17.8 Å². The summed E-state index contributed by atoms with van der Waals surface area (Å²) >= 11 is 0. The number of nitrogens with zero attached hydrogens (tertiary/aromatic N) is 4. The highest BCUT2D eigenvalue weighted by Crippen LogP contribution is 2.32. The smallest absolute Gasteiger partial charge is 0.359 e. The van der Waals surface area contributed by atoms with Crippen LogP contribution in [0.25, 0.3) is 22.6 Å². The summed E-state index contributed by atoms with van der Waals surface area (Å²) in [6.45, 7) is 0.614. The van der Waals surface area contributed by atoms with Crippen molar-refractivity contribution in [1.82, 2.24) is 20.1 Å². The molecule has 2 aromatic heterocycles. The third-order valence-corrected chi connectivity index (χ3v) is 5.01. The van der Waals surface area contributed by atoms with Crippen LogP contribution in [0.1, 0.15) is 22.7 Å². The van der Waals surface area contributed by atoms with Crippen molar-refractivity contribution in [2.45, 2.75) is 19.3 Å². The highest BCUT2D eigenvalue weighted by Gasteiger charge is 2.30. The van der Waals surface area contributed by atoms with Crippen LogP contribution in [0.4, 0.5) is 17.6 Å². The molecule has 1 aliphatic rings. The molecule has 162 valence electrons. The second-order valence-electron chi connectivity index (χ2n) is 7.25. The molecule has 3 heterocycles. The van der Waals surface area contributed by atoms with Crippen molar-refractivity contribution in [1.29, 1.82) is 0 Å². The van der Waals surface area contributed by atoms with Gasteiger partial charge < -0.3 is 9.51 Å². The third kappa shape index (κ3) is 3.86. The van der Waals surface area contributed by atoms with Crippen LogP contribution < -0.4 is 0 Å². The molecule has 1 aliphatic heterocycles. The van der Waals surface area contributed by atoms with Crippen molar-refractivity contribution in [2.24, 2.45) is 5.10 Å². The maximum Gasteiger partial charge on any atom is 0.416 e. The summed E-state index contributed by atoms with van der Waals surface area (Å²) in [5, 5.41) is 9.89. The van der Waals surface area contributed by atoms with Gasteiger partial charge in [-0.2, -0.15) is 18.3 Å². The van der Waals surface area contributed by atoms with Gasteiger partial charge in [-0.3, -0.25) is 5.01 Å². The normalized spacial score (nSPS) is 13.4. The van der Waals surface area contributed by atoms with E-state index in [1.165, 1.54) is 18.2 Å². The highest BCUT2D eigenvalue weighted by atomic mass is 19.4. The van der Waals surface area contributed by atoms with Crippen molar-refractivity contribution >= 4 is 6.21 Å². The first-order valence-corrected chi connectivity index (χ1v) is 9.63. The molecule has 6 nitrogen and oxygen atoms in total. The van der Waals surface area contributed by atoms with Crippen LogP contribution in [0.15, 0.2) is 64.2 Å². The van der Waals surface area contributed by atoms with Gasteiger partial charge in [0.2, 0.25) is 0 Å². The van der Waals surface area contributed by atoms with Crippen LogP contribution in [0, 0.1) is 5.82 Å². The van der Waals surface area contributed by atoms with E-state index >= 15 is 0 Å². The second-order valence-corrected chi connectivity index (χ2v) is 7.25. The number of aromatic amines is 1. The molecule has 0 atom stereocenters. The van der Waals surface area contributed by atoms with Gasteiger partial charge in [0, 0.05) is 11.6 Å². The number of rotatable bonds is 4. The predicted molar refractivity (Wildman–Crippen MR) is 108 cm³/mol. The second kappa shape index (κ2) is 7.63. The zero-order valence-corrected chi connectivity index (χ0v) is 16.4. The van der Waals surface area contributed by atoms with Crippen LogP contribution in [0.2, 0.25) is 0 Å². The molecule has 0 bridgehead atoms. The average Bonchev–Trinajstić information content (AvgIpc) is 3.40. The monoisotopic (exact) mass is 441 g/mol. The summed E-state index contributed by atoms with van der Waals surface area (Å²) in [7, 11) is 0. The molecular formula is C22H15F4N5O. The van der Waals surface area contributed by atoms with Crippen molar-refractivity contribution < 1.29 is 22.1 Å². The first-order valence-electron chi connectivity index (χ1n) is 9.63. The minimum absolute atomic E-state index is 0.246. The molecule has 0 saturated carbocycles. The lowest BCUT2D eigenvalue weighted by molar-refractivity contribution is -0.137. The maximum absolute atomic E-state index is 14.1. The third-order valence-electron chi connectivity index (χ3n) is 5.01. The molecule has 2 aromatic carbocycles. The maximum atomic E-state index is 14.1. The summed E-state index contributed by atoms with van der Waals surface area (Å²) in [5.41, 5.74) is 1.59. The zero-order chi connectivity index (χ0) is 22.3. The van der Waals surface area contributed by atoms with E-state index in [1.807, 2.05) is 0 Å². The number of hydrogen-bond donors (Lipinski definition) is 1. The SMILES string of the molecule is Fc1ccccc1-c1nc2c([nH]1)CN(Cc1cc(-c3cccc(C(F)(F)F)c3)no1)N=C2. The average molecular weight is 441 g/mol. The summed E-state index contributed by atoms with van der Waals surface area (Å²) in [6.07, 6.45) is -2.88. The van der Waals surface area contributed by atoms with Gasteiger partial charge in [-0.1, -0.05) is 29.4 Å². The molecule has 0 aliphatic carbocycles. The van der Waals surface area contributed by atoms with E-state index < -0.39 is 11.7 Å². The largest absolute Gasteiger partial charge is 0.416 e. The number of imidazole rings is 1. The Balaban J connectivity index is 1.31. The number of H-pyrrole nitrogens is 1. The van der Waals surface area contributed by atoms with Gasteiger partial charge in [-0.25, -0.2) is 9.37 Å². The Morgan fingerprint density at radius 3 is 2.72 bits per heavy atom. The van der Waals surface area contributed by atoms with E-state index in [4.69, 9.17) is 4.52 Å². The first kappa shape index (κ1) is 20.0. The molecule has 0 spiro atoms. The Hall–Kier alpha value is -3.95. The van der Waals surface area contributed by atoms with Crippen LogP contribution >= 0.6 is 0 Å². The molecule has 0 amide bonds. The van der Waals surface area contributed by atoms with E-state index in [0.29, 0.717) is 40.6 Å². The molecule has 0 saturated heterocycles. The van der Waals surface area contributed by atoms with Crippen molar-refractivity contribution in [3.63, 3.8) is 0 Å². The van der Waals surface area contributed by atoms with Crippen molar-refractivity contribution in [3.05, 3.63) is 83.1 Å². The number of fused-ring (bicyclic) bond motifs is 1. The molecule has 32 heavy (non-hydrogen) atoms. The van der Waals surface area contributed by atoms with Crippen LogP contribution in [-0.2, 0) is 19.3 Å². The summed E-state index contributed by atoms with van der Waals surface area (Å²) in [5.74, 6) is 0.468. The van der Waals surface area contributed by atoms with Gasteiger partial charge in [0.1, 0.15) is 23.0 Å². The first-order chi connectivity index (χ1) is 15.4.